The number of rotatable bonds is 5. The standard InChI is InChI=1S/C16H24N2O2S/c1-3-20-16(19)13-5-4-6-14(15(13)17)18-11-7-9-12(21-2)10-8-11/h4-6,11-12,18H,3,7-10,17H2,1-2H3. The Morgan fingerprint density at radius 3 is 2.71 bits per heavy atom. The average molecular weight is 308 g/mol. The number of esters is 1. The fourth-order valence-corrected chi connectivity index (χ4v) is 3.48. The summed E-state index contributed by atoms with van der Waals surface area (Å²) in [5, 5.41) is 4.27. The Kier molecular flexibility index (Phi) is 5.79. The van der Waals surface area contributed by atoms with Crippen molar-refractivity contribution in [1.29, 1.82) is 0 Å². The Morgan fingerprint density at radius 1 is 1.38 bits per heavy atom. The number of hydrogen-bond donors (Lipinski definition) is 2. The van der Waals surface area contributed by atoms with E-state index in [4.69, 9.17) is 10.5 Å². The fourth-order valence-electron chi connectivity index (χ4n) is 2.74. The molecule has 116 valence electrons. The van der Waals surface area contributed by atoms with Crippen LogP contribution in [0.1, 0.15) is 43.0 Å². The summed E-state index contributed by atoms with van der Waals surface area (Å²) in [6.07, 6.45) is 6.94. The second kappa shape index (κ2) is 7.59. The number of nitrogen functional groups attached to an aromatic ring is 1. The van der Waals surface area contributed by atoms with Gasteiger partial charge in [0.2, 0.25) is 0 Å². The molecule has 1 saturated carbocycles. The average Bonchev–Trinajstić information content (AvgIpc) is 2.50. The Morgan fingerprint density at radius 2 is 2.10 bits per heavy atom. The second-order valence-corrected chi connectivity index (χ2v) is 6.48. The molecule has 3 N–H and O–H groups in total. The van der Waals surface area contributed by atoms with Gasteiger partial charge < -0.3 is 15.8 Å². The molecule has 0 aliphatic heterocycles. The van der Waals surface area contributed by atoms with E-state index in [0.29, 0.717) is 23.9 Å². The zero-order valence-electron chi connectivity index (χ0n) is 12.7. The minimum Gasteiger partial charge on any atom is -0.462 e. The second-order valence-electron chi connectivity index (χ2n) is 5.34. The molecule has 21 heavy (non-hydrogen) atoms. The molecule has 0 aromatic heterocycles. The molecule has 0 amide bonds. The van der Waals surface area contributed by atoms with Crippen LogP contribution in [0.2, 0.25) is 0 Å². The van der Waals surface area contributed by atoms with Gasteiger partial charge in [0.15, 0.2) is 0 Å². The molecule has 1 aromatic carbocycles. The lowest BCUT2D eigenvalue weighted by Gasteiger charge is -2.29. The lowest BCUT2D eigenvalue weighted by atomic mass is 9.94. The Bertz CT molecular complexity index is 485. The summed E-state index contributed by atoms with van der Waals surface area (Å²) in [5.74, 6) is -0.357. The number of carbonyl (C=O) groups excluding carboxylic acids is 1. The highest BCUT2D eigenvalue weighted by molar-refractivity contribution is 7.99. The minimum atomic E-state index is -0.357. The summed E-state index contributed by atoms with van der Waals surface area (Å²) in [5.41, 5.74) is 7.89. The van der Waals surface area contributed by atoms with Crippen LogP contribution in [0.3, 0.4) is 0 Å². The smallest absolute Gasteiger partial charge is 0.340 e. The largest absolute Gasteiger partial charge is 0.462 e. The number of para-hydroxylation sites is 1. The fraction of sp³-hybridized carbons (Fsp3) is 0.562. The van der Waals surface area contributed by atoms with Crippen molar-refractivity contribution in [2.75, 3.05) is 23.9 Å². The third-order valence-electron chi connectivity index (χ3n) is 3.97. The summed E-state index contributed by atoms with van der Waals surface area (Å²) < 4.78 is 5.03. The van der Waals surface area contributed by atoms with Crippen LogP contribution >= 0.6 is 11.8 Å². The van der Waals surface area contributed by atoms with Gasteiger partial charge in [0.25, 0.3) is 0 Å². The Balaban J connectivity index is 2.04. The molecule has 0 atom stereocenters. The van der Waals surface area contributed by atoms with E-state index in [-0.39, 0.29) is 5.97 Å². The van der Waals surface area contributed by atoms with Crippen molar-refractivity contribution < 1.29 is 9.53 Å². The van der Waals surface area contributed by atoms with Crippen LogP contribution in [-0.2, 0) is 4.74 Å². The maximum atomic E-state index is 11.9. The molecule has 1 aliphatic carbocycles. The van der Waals surface area contributed by atoms with Gasteiger partial charge in [-0.3, -0.25) is 0 Å². The molecular formula is C16H24N2O2S. The van der Waals surface area contributed by atoms with Crippen LogP contribution in [0.4, 0.5) is 11.4 Å². The van der Waals surface area contributed by atoms with Crippen molar-refractivity contribution >= 4 is 29.1 Å². The first-order chi connectivity index (χ1) is 10.2. The molecule has 4 nitrogen and oxygen atoms in total. The molecule has 1 aromatic rings. The van der Waals surface area contributed by atoms with Crippen molar-refractivity contribution in [3.63, 3.8) is 0 Å². The van der Waals surface area contributed by atoms with E-state index in [1.165, 1.54) is 12.8 Å². The van der Waals surface area contributed by atoms with E-state index < -0.39 is 0 Å². The van der Waals surface area contributed by atoms with Crippen molar-refractivity contribution in [1.82, 2.24) is 0 Å². The summed E-state index contributed by atoms with van der Waals surface area (Å²) in [4.78, 5) is 11.9. The van der Waals surface area contributed by atoms with Gasteiger partial charge in [0.1, 0.15) is 0 Å². The zero-order chi connectivity index (χ0) is 15.2. The van der Waals surface area contributed by atoms with E-state index in [1.807, 2.05) is 23.9 Å². The van der Waals surface area contributed by atoms with Gasteiger partial charge in [0, 0.05) is 11.3 Å². The monoisotopic (exact) mass is 308 g/mol. The van der Waals surface area contributed by atoms with E-state index in [9.17, 15) is 4.79 Å². The number of ether oxygens (including phenoxy) is 1. The molecule has 5 heteroatoms. The number of hydrogen-bond acceptors (Lipinski definition) is 5. The van der Waals surface area contributed by atoms with Crippen LogP contribution in [0.5, 0.6) is 0 Å². The molecule has 1 aliphatic rings. The summed E-state index contributed by atoms with van der Waals surface area (Å²) in [7, 11) is 0. The van der Waals surface area contributed by atoms with Crippen LogP contribution in [0, 0.1) is 0 Å². The molecule has 0 radical (unpaired) electrons. The SMILES string of the molecule is CCOC(=O)c1cccc(NC2CCC(SC)CC2)c1N. The van der Waals surface area contributed by atoms with Gasteiger partial charge in [-0.25, -0.2) is 4.79 Å². The van der Waals surface area contributed by atoms with E-state index >= 15 is 0 Å². The van der Waals surface area contributed by atoms with Crippen molar-refractivity contribution in [2.45, 2.75) is 43.9 Å². The summed E-state index contributed by atoms with van der Waals surface area (Å²) >= 11 is 1.96. The third kappa shape index (κ3) is 4.06. The summed E-state index contributed by atoms with van der Waals surface area (Å²) in [6.45, 7) is 2.15. The van der Waals surface area contributed by atoms with Gasteiger partial charge in [-0.05, 0) is 51.0 Å². The van der Waals surface area contributed by atoms with Gasteiger partial charge in [-0.2, -0.15) is 11.8 Å². The van der Waals surface area contributed by atoms with E-state index in [2.05, 4.69) is 11.6 Å². The lowest BCUT2D eigenvalue weighted by molar-refractivity contribution is 0.0527. The maximum Gasteiger partial charge on any atom is 0.340 e. The highest BCUT2D eigenvalue weighted by Gasteiger charge is 2.21. The molecule has 2 rings (SSSR count). The van der Waals surface area contributed by atoms with Crippen LogP contribution < -0.4 is 11.1 Å². The van der Waals surface area contributed by atoms with Crippen molar-refractivity contribution in [3.8, 4) is 0 Å². The number of thioether (sulfide) groups is 1. The highest BCUT2D eigenvalue weighted by Crippen LogP contribution is 2.31. The maximum absolute atomic E-state index is 11.9. The molecule has 0 unspecified atom stereocenters. The first-order valence-corrected chi connectivity index (χ1v) is 8.79. The Labute approximate surface area is 130 Å². The number of benzene rings is 1. The van der Waals surface area contributed by atoms with Crippen LogP contribution in [0.25, 0.3) is 0 Å². The third-order valence-corrected chi connectivity index (χ3v) is 5.11. The zero-order valence-corrected chi connectivity index (χ0v) is 13.5. The van der Waals surface area contributed by atoms with Gasteiger partial charge >= 0.3 is 5.97 Å². The predicted octanol–water partition coefficient (Wildman–Crippen LogP) is 3.53. The van der Waals surface area contributed by atoms with Crippen LogP contribution in [-0.4, -0.2) is 30.1 Å². The topological polar surface area (TPSA) is 64.3 Å². The molecule has 0 heterocycles. The first-order valence-electron chi connectivity index (χ1n) is 7.50. The number of carbonyl (C=O) groups is 1. The summed E-state index contributed by atoms with van der Waals surface area (Å²) in [6, 6.07) is 5.92. The first kappa shape index (κ1) is 16.0. The number of nitrogens with one attached hydrogen (secondary N) is 1. The molecule has 0 spiro atoms. The van der Waals surface area contributed by atoms with Crippen molar-refractivity contribution in [3.05, 3.63) is 23.8 Å². The molecular weight excluding hydrogens is 284 g/mol. The van der Waals surface area contributed by atoms with E-state index in [0.717, 1.165) is 23.8 Å². The molecule has 1 fully saturated rings. The molecule has 0 bridgehead atoms. The lowest BCUT2D eigenvalue weighted by Crippen LogP contribution is -2.27. The van der Waals surface area contributed by atoms with Gasteiger partial charge in [-0.1, -0.05) is 6.07 Å². The van der Waals surface area contributed by atoms with Gasteiger partial charge in [0.05, 0.1) is 23.5 Å². The minimum absolute atomic E-state index is 0.356. The quantitative estimate of drug-likeness (QED) is 0.643. The predicted molar refractivity (Wildman–Crippen MR) is 90.0 cm³/mol. The van der Waals surface area contributed by atoms with E-state index in [1.54, 1.807) is 13.0 Å². The normalized spacial score (nSPS) is 21.8. The highest BCUT2D eigenvalue weighted by atomic mass is 32.2. The Hall–Kier alpha value is -1.36. The number of nitrogens with two attached hydrogens (primary N) is 1. The number of anilines is 2. The van der Waals surface area contributed by atoms with Crippen LogP contribution in [0.15, 0.2) is 18.2 Å². The molecule has 0 saturated heterocycles. The van der Waals surface area contributed by atoms with Crippen molar-refractivity contribution in [2.24, 2.45) is 0 Å². The van der Waals surface area contributed by atoms with Gasteiger partial charge in [-0.15, -0.1) is 0 Å².